The fraction of sp³-hybridized carbons (Fsp3) is 0.429. The van der Waals surface area contributed by atoms with Gasteiger partial charge in [-0.05, 0) is 6.42 Å². The SMILES string of the molecule is CCCc1cc(O)co1. The number of aromatic hydroxyl groups is 1. The fourth-order valence-electron chi connectivity index (χ4n) is 0.747. The first kappa shape index (κ1) is 6.20. The van der Waals surface area contributed by atoms with Crippen LogP contribution < -0.4 is 0 Å². The van der Waals surface area contributed by atoms with Gasteiger partial charge in [0.2, 0.25) is 0 Å². The minimum absolute atomic E-state index is 0.221. The zero-order chi connectivity index (χ0) is 6.69. The van der Waals surface area contributed by atoms with Crippen molar-refractivity contribution in [3.8, 4) is 5.75 Å². The van der Waals surface area contributed by atoms with Crippen molar-refractivity contribution in [3.05, 3.63) is 18.1 Å². The van der Waals surface area contributed by atoms with Gasteiger partial charge in [-0.15, -0.1) is 0 Å². The Labute approximate surface area is 54.1 Å². The van der Waals surface area contributed by atoms with Crippen LogP contribution in [-0.2, 0) is 6.42 Å². The first-order valence-corrected chi connectivity index (χ1v) is 3.09. The molecule has 2 heteroatoms. The van der Waals surface area contributed by atoms with Crippen molar-refractivity contribution < 1.29 is 9.52 Å². The Bertz CT molecular complexity index is 179. The maximum atomic E-state index is 8.79. The molecule has 50 valence electrons. The Balaban J connectivity index is 2.61. The van der Waals surface area contributed by atoms with Crippen LogP contribution in [-0.4, -0.2) is 5.11 Å². The number of aryl methyl sites for hydroxylation is 1. The van der Waals surface area contributed by atoms with Crippen molar-refractivity contribution >= 4 is 0 Å². The van der Waals surface area contributed by atoms with E-state index >= 15 is 0 Å². The van der Waals surface area contributed by atoms with Gasteiger partial charge in [0.05, 0.1) is 0 Å². The average Bonchev–Trinajstić information content (AvgIpc) is 2.17. The molecule has 0 bridgehead atoms. The standard InChI is InChI=1S/C7H10O2/c1-2-3-7-4-6(8)5-9-7/h4-5,8H,2-3H2,1H3. The average molecular weight is 126 g/mol. The molecule has 0 fully saturated rings. The molecule has 0 aliphatic rings. The molecule has 1 aromatic rings. The Morgan fingerprint density at radius 2 is 2.44 bits per heavy atom. The van der Waals surface area contributed by atoms with E-state index in [1.807, 2.05) is 0 Å². The van der Waals surface area contributed by atoms with Gasteiger partial charge in [0, 0.05) is 12.5 Å². The predicted molar refractivity (Wildman–Crippen MR) is 34.4 cm³/mol. The van der Waals surface area contributed by atoms with Crippen molar-refractivity contribution in [1.82, 2.24) is 0 Å². The van der Waals surface area contributed by atoms with Crippen molar-refractivity contribution in [3.63, 3.8) is 0 Å². The van der Waals surface area contributed by atoms with Crippen LogP contribution in [0.25, 0.3) is 0 Å². The molecule has 0 spiro atoms. The molecule has 0 aliphatic carbocycles. The van der Waals surface area contributed by atoms with Crippen LogP contribution in [0.5, 0.6) is 5.75 Å². The van der Waals surface area contributed by atoms with Crippen LogP contribution in [0.4, 0.5) is 0 Å². The highest BCUT2D eigenvalue weighted by molar-refractivity contribution is 5.16. The normalized spacial score (nSPS) is 9.89. The molecule has 1 rings (SSSR count). The Morgan fingerprint density at radius 1 is 1.67 bits per heavy atom. The summed E-state index contributed by atoms with van der Waals surface area (Å²) < 4.78 is 4.95. The zero-order valence-electron chi connectivity index (χ0n) is 5.42. The van der Waals surface area contributed by atoms with E-state index in [1.165, 1.54) is 6.26 Å². The van der Waals surface area contributed by atoms with Crippen molar-refractivity contribution in [1.29, 1.82) is 0 Å². The summed E-state index contributed by atoms with van der Waals surface area (Å²) >= 11 is 0. The number of furan rings is 1. The molecule has 0 aliphatic heterocycles. The van der Waals surface area contributed by atoms with Crippen LogP contribution >= 0.6 is 0 Å². The molecule has 1 N–H and O–H groups in total. The van der Waals surface area contributed by atoms with E-state index in [-0.39, 0.29) is 5.75 Å². The molecule has 0 unspecified atom stereocenters. The molecule has 0 amide bonds. The minimum Gasteiger partial charge on any atom is -0.505 e. The van der Waals surface area contributed by atoms with Gasteiger partial charge in [0.15, 0.2) is 5.75 Å². The lowest BCUT2D eigenvalue weighted by Crippen LogP contribution is -1.74. The second-order valence-electron chi connectivity index (χ2n) is 2.02. The van der Waals surface area contributed by atoms with Crippen LogP contribution in [0.1, 0.15) is 19.1 Å². The Kier molecular flexibility index (Phi) is 1.78. The summed E-state index contributed by atoms with van der Waals surface area (Å²) in [5, 5.41) is 8.79. The summed E-state index contributed by atoms with van der Waals surface area (Å²) in [5.41, 5.74) is 0. The molecule has 0 saturated carbocycles. The first-order valence-electron chi connectivity index (χ1n) is 3.09. The molecule has 0 aromatic carbocycles. The molecule has 0 saturated heterocycles. The number of hydrogen-bond donors (Lipinski definition) is 1. The highest BCUT2D eigenvalue weighted by atomic mass is 16.4. The molecular formula is C7H10O2. The fourth-order valence-corrected chi connectivity index (χ4v) is 0.747. The topological polar surface area (TPSA) is 33.4 Å². The van der Waals surface area contributed by atoms with E-state index in [4.69, 9.17) is 9.52 Å². The van der Waals surface area contributed by atoms with E-state index in [0.29, 0.717) is 0 Å². The third kappa shape index (κ3) is 1.49. The van der Waals surface area contributed by atoms with Crippen LogP contribution in [0.15, 0.2) is 16.7 Å². The third-order valence-corrected chi connectivity index (χ3v) is 1.14. The molecule has 2 nitrogen and oxygen atoms in total. The quantitative estimate of drug-likeness (QED) is 0.656. The predicted octanol–water partition coefficient (Wildman–Crippen LogP) is 1.94. The maximum Gasteiger partial charge on any atom is 0.153 e. The highest BCUT2D eigenvalue weighted by Gasteiger charge is 1.96. The molecule has 1 aromatic heterocycles. The van der Waals surface area contributed by atoms with Crippen LogP contribution in [0.2, 0.25) is 0 Å². The van der Waals surface area contributed by atoms with E-state index < -0.39 is 0 Å². The largest absolute Gasteiger partial charge is 0.505 e. The van der Waals surface area contributed by atoms with Gasteiger partial charge in [-0.3, -0.25) is 0 Å². The van der Waals surface area contributed by atoms with Gasteiger partial charge in [-0.2, -0.15) is 0 Å². The molecule has 0 radical (unpaired) electrons. The van der Waals surface area contributed by atoms with Crippen molar-refractivity contribution in [2.45, 2.75) is 19.8 Å². The highest BCUT2D eigenvalue weighted by Crippen LogP contribution is 2.14. The lowest BCUT2D eigenvalue weighted by Gasteiger charge is -1.85. The summed E-state index contributed by atoms with van der Waals surface area (Å²) in [5.74, 6) is 1.08. The Morgan fingerprint density at radius 3 is 2.89 bits per heavy atom. The van der Waals surface area contributed by atoms with E-state index in [0.717, 1.165) is 18.6 Å². The summed E-state index contributed by atoms with van der Waals surface area (Å²) in [6, 6.07) is 1.64. The number of hydrogen-bond acceptors (Lipinski definition) is 2. The van der Waals surface area contributed by atoms with Gasteiger partial charge < -0.3 is 9.52 Å². The number of rotatable bonds is 2. The van der Waals surface area contributed by atoms with E-state index in [9.17, 15) is 0 Å². The smallest absolute Gasteiger partial charge is 0.153 e. The van der Waals surface area contributed by atoms with Gasteiger partial charge >= 0.3 is 0 Å². The molecule has 9 heavy (non-hydrogen) atoms. The minimum atomic E-state index is 0.221. The summed E-state index contributed by atoms with van der Waals surface area (Å²) in [7, 11) is 0. The first-order chi connectivity index (χ1) is 4.33. The van der Waals surface area contributed by atoms with Gasteiger partial charge in [0.25, 0.3) is 0 Å². The lowest BCUT2D eigenvalue weighted by molar-refractivity contribution is 0.451. The van der Waals surface area contributed by atoms with Crippen molar-refractivity contribution in [2.75, 3.05) is 0 Å². The molecule has 1 heterocycles. The van der Waals surface area contributed by atoms with E-state index in [1.54, 1.807) is 6.07 Å². The second-order valence-corrected chi connectivity index (χ2v) is 2.02. The molecule has 0 atom stereocenters. The molecular weight excluding hydrogens is 116 g/mol. The van der Waals surface area contributed by atoms with E-state index in [2.05, 4.69) is 6.92 Å². The maximum absolute atomic E-state index is 8.79. The second kappa shape index (κ2) is 2.58. The summed E-state index contributed by atoms with van der Waals surface area (Å²) in [6.45, 7) is 2.07. The summed E-state index contributed by atoms with van der Waals surface area (Å²) in [6.07, 6.45) is 3.30. The monoisotopic (exact) mass is 126 g/mol. The van der Waals surface area contributed by atoms with Gasteiger partial charge in [0.1, 0.15) is 12.0 Å². The third-order valence-electron chi connectivity index (χ3n) is 1.14. The van der Waals surface area contributed by atoms with Gasteiger partial charge in [-0.25, -0.2) is 0 Å². The zero-order valence-corrected chi connectivity index (χ0v) is 5.42. The lowest BCUT2D eigenvalue weighted by atomic mass is 10.3. The van der Waals surface area contributed by atoms with Crippen molar-refractivity contribution in [2.24, 2.45) is 0 Å². The van der Waals surface area contributed by atoms with Gasteiger partial charge in [-0.1, -0.05) is 6.92 Å². The summed E-state index contributed by atoms with van der Waals surface area (Å²) in [4.78, 5) is 0. The van der Waals surface area contributed by atoms with Crippen LogP contribution in [0, 0.1) is 0 Å². The Hall–Kier alpha value is -0.920. The van der Waals surface area contributed by atoms with Crippen LogP contribution in [0.3, 0.4) is 0 Å².